The Hall–Kier alpha value is -0.0400. The molecule has 1 aliphatic carbocycles. The van der Waals surface area contributed by atoms with Crippen LogP contribution in [0.4, 0.5) is 0 Å². The lowest BCUT2D eigenvalue weighted by atomic mass is 9.82. The highest BCUT2D eigenvalue weighted by Crippen LogP contribution is 2.28. The molecule has 1 unspecified atom stereocenters. The van der Waals surface area contributed by atoms with Gasteiger partial charge in [0.2, 0.25) is 0 Å². The van der Waals surface area contributed by atoms with Gasteiger partial charge in [0, 0.05) is 0 Å². The summed E-state index contributed by atoms with van der Waals surface area (Å²) < 4.78 is 0. The topological polar surface area (TPSA) is 12.0 Å². The van der Waals surface area contributed by atoms with Crippen molar-refractivity contribution in [2.24, 2.45) is 17.3 Å². The Labute approximate surface area is 76.9 Å². The summed E-state index contributed by atoms with van der Waals surface area (Å²) in [5, 5.41) is 3.55. The minimum absolute atomic E-state index is 0.455. The summed E-state index contributed by atoms with van der Waals surface area (Å²) in [6.07, 6.45) is 2.91. The summed E-state index contributed by atoms with van der Waals surface area (Å²) in [5.74, 6) is 1.79. The Morgan fingerprint density at radius 1 is 1.33 bits per heavy atom. The lowest BCUT2D eigenvalue weighted by molar-refractivity contribution is 0.252. The van der Waals surface area contributed by atoms with Crippen molar-refractivity contribution in [1.82, 2.24) is 5.32 Å². The van der Waals surface area contributed by atoms with Crippen LogP contribution in [0, 0.1) is 17.3 Å². The number of rotatable bonds is 4. The quantitative estimate of drug-likeness (QED) is 0.682. The molecule has 0 spiro atoms. The summed E-state index contributed by atoms with van der Waals surface area (Å²) >= 11 is 0. The average molecular weight is 169 g/mol. The maximum Gasteiger partial charge on any atom is -0.00180 e. The number of hydrogen-bond acceptors (Lipinski definition) is 1. The molecular formula is C11H23N. The Balaban J connectivity index is 2.04. The SMILES string of the molecule is CC(CNCC1CC1)C(C)(C)C. The van der Waals surface area contributed by atoms with E-state index in [0.29, 0.717) is 5.41 Å². The van der Waals surface area contributed by atoms with Crippen LogP contribution in [0.3, 0.4) is 0 Å². The summed E-state index contributed by atoms with van der Waals surface area (Å²) in [4.78, 5) is 0. The molecule has 1 N–H and O–H groups in total. The van der Waals surface area contributed by atoms with Crippen LogP contribution in [-0.4, -0.2) is 13.1 Å². The van der Waals surface area contributed by atoms with Gasteiger partial charge in [-0.25, -0.2) is 0 Å². The lowest BCUT2D eigenvalue weighted by Gasteiger charge is -2.27. The van der Waals surface area contributed by atoms with Crippen LogP contribution >= 0.6 is 0 Å². The van der Waals surface area contributed by atoms with E-state index in [1.165, 1.54) is 25.9 Å². The van der Waals surface area contributed by atoms with Crippen molar-refractivity contribution in [2.45, 2.75) is 40.5 Å². The molecule has 12 heavy (non-hydrogen) atoms. The molecule has 0 saturated heterocycles. The minimum atomic E-state index is 0.455. The van der Waals surface area contributed by atoms with Crippen LogP contribution in [-0.2, 0) is 0 Å². The standard InChI is InChI=1S/C11H23N/c1-9(11(2,3)4)7-12-8-10-5-6-10/h9-10,12H,5-8H2,1-4H3. The van der Waals surface area contributed by atoms with E-state index >= 15 is 0 Å². The molecule has 0 bridgehead atoms. The van der Waals surface area contributed by atoms with E-state index in [-0.39, 0.29) is 0 Å². The second-order valence-corrected chi connectivity index (χ2v) is 5.37. The molecule has 1 rings (SSSR count). The van der Waals surface area contributed by atoms with E-state index in [4.69, 9.17) is 0 Å². The number of hydrogen-bond donors (Lipinski definition) is 1. The molecule has 0 heterocycles. The normalized spacial score (nSPS) is 21.0. The van der Waals surface area contributed by atoms with Crippen molar-refractivity contribution < 1.29 is 0 Å². The third-order valence-corrected chi connectivity index (χ3v) is 3.06. The van der Waals surface area contributed by atoms with Crippen molar-refractivity contribution in [3.8, 4) is 0 Å². The van der Waals surface area contributed by atoms with Crippen molar-refractivity contribution in [3.63, 3.8) is 0 Å². The molecule has 1 fully saturated rings. The molecule has 1 atom stereocenters. The molecule has 1 saturated carbocycles. The fourth-order valence-corrected chi connectivity index (χ4v) is 1.13. The van der Waals surface area contributed by atoms with Crippen LogP contribution in [0.2, 0.25) is 0 Å². The number of nitrogens with one attached hydrogen (secondary N) is 1. The van der Waals surface area contributed by atoms with Gasteiger partial charge in [0.1, 0.15) is 0 Å². The third kappa shape index (κ3) is 3.57. The van der Waals surface area contributed by atoms with E-state index in [0.717, 1.165) is 11.8 Å². The van der Waals surface area contributed by atoms with Crippen molar-refractivity contribution in [2.75, 3.05) is 13.1 Å². The van der Waals surface area contributed by atoms with Gasteiger partial charge in [0.25, 0.3) is 0 Å². The van der Waals surface area contributed by atoms with Gasteiger partial charge in [-0.05, 0) is 43.2 Å². The Morgan fingerprint density at radius 2 is 1.92 bits per heavy atom. The van der Waals surface area contributed by atoms with Gasteiger partial charge in [-0.3, -0.25) is 0 Å². The second-order valence-electron chi connectivity index (χ2n) is 5.37. The van der Waals surface area contributed by atoms with E-state index < -0.39 is 0 Å². The summed E-state index contributed by atoms with van der Waals surface area (Å²) in [6, 6.07) is 0. The molecule has 0 radical (unpaired) electrons. The van der Waals surface area contributed by atoms with Gasteiger partial charge in [-0.1, -0.05) is 27.7 Å². The van der Waals surface area contributed by atoms with E-state index in [9.17, 15) is 0 Å². The van der Waals surface area contributed by atoms with E-state index in [1.54, 1.807) is 0 Å². The maximum absolute atomic E-state index is 3.55. The highest BCUT2D eigenvalue weighted by atomic mass is 14.9. The largest absolute Gasteiger partial charge is 0.316 e. The zero-order valence-electron chi connectivity index (χ0n) is 8.98. The van der Waals surface area contributed by atoms with Crippen LogP contribution in [0.15, 0.2) is 0 Å². The van der Waals surface area contributed by atoms with Gasteiger partial charge >= 0.3 is 0 Å². The molecule has 72 valence electrons. The first-order chi connectivity index (χ1) is 5.50. The van der Waals surface area contributed by atoms with Crippen molar-refractivity contribution in [3.05, 3.63) is 0 Å². The molecule has 0 aliphatic heterocycles. The Bertz CT molecular complexity index is 130. The predicted octanol–water partition coefficient (Wildman–Crippen LogP) is 2.67. The molecule has 0 aromatic carbocycles. The van der Waals surface area contributed by atoms with Gasteiger partial charge < -0.3 is 5.32 Å². The fourth-order valence-electron chi connectivity index (χ4n) is 1.13. The monoisotopic (exact) mass is 169 g/mol. The highest BCUT2D eigenvalue weighted by Gasteiger charge is 2.23. The molecule has 1 nitrogen and oxygen atoms in total. The summed E-state index contributed by atoms with van der Waals surface area (Å²) in [6.45, 7) is 11.7. The van der Waals surface area contributed by atoms with Crippen LogP contribution in [0.25, 0.3) is 0 Å². The molecule has 0 aromatic heterocycles. The summed E-state index contributed by atoms with van der Waals surface area (Å²) in [5.41, 5.74) is 0.455. The van der Waals surface area contributed by atoms with Gasteiger partial charge in [-0.2, -0.15) is 0 Å². The molecule has 1 heteroatoms. The first kappa shape index (κ1) is 10.0. The van der Waals surface area contributed by atoms with Crippen LogP contribution < -0.4 is 5.32 Å². The third-order valence-electron chi connectivity index (χ3n) is 3.06. The van der Waals surface area contributed by atoms with E-state index in [2.05, 4.69) is 33.0 Å². The van der Waals surface area contributed by atoms with Crippen LogP contribution in [0.5, 0.6) is 0 Å². The fraction of sp³-hybridized carbons (Fsp3) is 1.00. The minimum Gasteiger partial charge on any atom is -0.316 e. The molecule has 1 aliphatic rings. The van der Waals surface area contributed by atoms with Crippen molar-refractivity contribution in [1.29, 1.82) is 0 Å². The zero-order valence-corrected chi connectivity index (χ0v) is 8.98. The molecular weight excluding hydrogens is 146 g/mol. The molecule has 0 aromatic rings. The van der Waals surface area contributed by atoms with Gasteiger partial charge in [0.15, 0.2) is 0 Å². The lowest BCUT2D eigenvalue weighted by Crippen LogP contribution is -2.30. The average Bonchev–Trinajstić information content (AvgIpc) is 2.69. The second kappa shape index (κ2) is 3.78. The molecule has 0 amide bonds. The smallest absolute Gasteiger partial charge is 0.00180 e. The highest BCUT2D eigenvalue weighted by molar-refractivity contribution is 4.77. The van der Waals surface area contributed by atoms with Crippen LogP contribution in [0.1, 0.15) is 40.5 Å². The maximum atomic E-state index is 3.55. The predicted molar refractivity (Wildman–Crippen MR) is 54.2 cm³/mol. The van der Waals surface area contributed by atoms with Gasteiger partial charge in [-0.15, -0.1) is 0 Å². The Kier molecular flexibility index (Phi) is 3.16. The Morgan fingerprint density at radius 3 is 2.33 bits per heavy atom. The van der Waals surface area contributed by atoms with Gasteiger partial charge in [0.05, 0.1) is 0 Å². The first-order valence-corrected chi connectivity index (χ1v) is 5.21. The summed E-state index contributed by atoms with van der Waals surface area (Å²) in [7, 11) is 0. The van der Waals surface area contributed by atoms with Crippen molar-refractivity contribution >= 4 is 0 Å². The first-order valence-electron chi connectivity index (χ1n) is 5.21. The van der Waals surface area contributed by atoms with E-state index in [1.807, 2.05) is 0 Å². The zero-order chi connectivity index (χ0) is 9.19.